The van der Waals surface area contributed by atoms with Crippen LogP contribution in [0, 0.1) is 13.8 Å². The van der Waals surface area contributed by atoms with Crippen molar-refractivity contribution in [2.75, 3.05) is 30.9 Å². The molecule has 1 aliphatic heterocycles. The molecule has 1 heterocycles. The first-order valence-corrected chi connectivity index (χ1v) is 9.46. The van der Waals surface area contributed by atoms with Gasteiger partial charge < -0.3 is 10.1 Å². The summed E-state index contributed by atoms with van der Waals surface area (Å²) in [6.07, 6.45) is 0. The van der Waals surface area contributed by atoms with Gasteiger partial charge in [-0.3, -0.25) is 0 Å². The summed E-state index contributed by atoms with van der Waals surface area (Å²) in [6.45, 7) is 7.47. The molecule has 1 aliphatic rings. The van der Waals surface area contributed by atoms with Crippen LogP contribution in [0.4, 0.5) is 0 Å². The van der Waals surface area contributed by atoms with E-state index in [1.165, 1.54) is 33.9 Å². The number of hydrogen-bond acceptors (Lipinski definition) is 4. The van der Waals surface area contributed by atoms with Crippen molar-refractivity contribution in [3.63, 3.8) is 0 Å². The van der Waals surface area contributed by atoms with Crippen LogP contribution in [0.25, 0.3) is 0 Å². The van der Waals surface area contributed by atoms with Gasteiger partial charge in [-0.1, -0.05) is 19.1 Å². The molecular weight excluding hydrogens is 286 g/mol. The number of hydrogen-bond donors (Lipinski definition) is 1. The minimum atomic E-state index is 0.382. The molecular formula is C16H25NOS2. The van der Waals surface area contributed by atoms with Crippen molar-refractivity contribution >= 4 is 23.5 Å². The Morgan fingerprint density at radius 2 is 2.15 bits per heavy atom. The molecule has 2 rings (SSSR count). The number of benzene rings is 1. The average Bonchev–Trinajstić information content (AvgIpc) is 2.48. The highest BCUT2D eigenvalue weighted by molar-refractivity contribution is 8.06. The topological polar surface area (TPSA) is 21.3 Å². The van der Waals surface area contributed by atoms with Crippen molar-refractivity contribution in [3.05, 3.63) is 28.8 Å². The minimum Gasteiger partial charge on any atom is -0.496 e. The van der Waals surface area contributed by atoms with Gasteiger partial charge in [0.2, 0.25) is 0 Å². The summed E-state index contributed by atoms with van der Waals surface area (Å²) in [4.78, 5) is 0. The van der Waals surface area contributed by atoms with Crippen molar-refractivity contribution in [1.29, 1.82) is 0 Å². The average molecular weight is 312 g/mol. The third kappa shape index (κ3) is 3.46. The van der Waals surface area contributed by atoms with Crippen LogP contribution in [0.5, 0.6) is 5.75 Å². The van der Waals surface area contributed by atoms with E-state index in [1.807, 2.05) is 0 Å². The smallest absolute Gasteiger partial charge is 0.126 e. The number of rotatable bonds is 5. The van der Waals surface area contributed by atoms with E-state index >= 15 is 0 Å². The van der Waals surface area contributed by atoms with Gasteiger partial charge in [0.15, 0.2) is 0 Å². The van der Waals surface area contributed by atoms with Crippen LogP contribution in [-0.2, 0) is 0 Å². The van der Waals surface area contributed by atoms with E-state index in [-0.39, 0.29) is 0 Å². The fourth-order valence-electron chi connectivity index (χ4n) is 2.69. The monoisotopic (exact) mass is 311 g/mol. The Balaban J connectivity index is 2.35. The highest BCUT2D eigenvalue weighted by atomic mass is 32.2. The third-order valence-corrected chi connectivity index (χ3v) is 6.75. The fourth-order valence-corrected chi connectivity index (χ4v) is 5.55. The van der Waals surface area contributed by atoms with E-state index < -0.39 is 0 Å². The highest BCUT2D eigenvalue weighted by Gasteiger charge is 2.28. The van der Waals surface area contributed by atoms with Crippen LogP contribution in [-0.4, -0.2) is 36.2 Å². The molecule has 1 fully saturated rings. The number of nitrogens with one attached hydrogen (secondary N) is 1. The molecule has 0 saturated carbocycles. The molecule has 1 saturated heterocycles. The molecule has 2 atom stereocenters. The molecule has 1 N–H and O–H groups in total. The molecule has 0 aromatic heterocycles. The van der Waals surface area contributed by atoms with Crippen LogP contribution in [0.1, 0.15) is 29.7 Å². The van der Waals surface area contributed by atoms with Gasteiger partial charge in [-0.05, 0) is 31.5 Å². The zero-order valence-electron chi connectivity index (χ0n) is 12.9. The van der Waals surface area contributed by atoms with E-state index in [9.17, 15) is 0 Å². The molecule has 2 unspecified atom stereocenters. The molecule has 0 bridgehead atoms. The van der Waals surface area contributed by atoms with Crippen LogP contribution in [0.2, 0.25) is 0 Å². The second-order valence-electron chi connectivity index (χ2n) is 5.15. The zero-order chi connectivity index (χ0) is 14.5. The SMILES string of the molecule is CCNC(c1ccc(C)c(C)c1OC)C1CSCCS1. The molecule has 1 aromatic rings. The van der Waals surface area contributed by atoms with Crippen molar-refractivity contribution < 1.29 is 4.74 Å². The molecule has 0 amide bonds. The van der Waals surface area contributed by atoms with Crippen LogP contribution < -0.4 is 10.1 Å². The standard InChI is InChI=1S/C16H25NOS2/c1-5-17-15(14-10-19-8-9-20-14)13-7-6-11(2)12(3)16(13)18-4/h6-7,14-15,17H,5,8-10H2,1-4H3. The van der Waals surface area contributed by atoms with Crippen molar-refractivity contribution in [3.8, 4) is 5.75 Å². The Hall–Kier alpha value is -0.320. The van der Waals surface area contributed by atoms with Crippen molar-refractivity contribution in [2.45, 2.75) is 32.1 Å². The first kappa shape index (κ1) is 16.1. The summed E-state index contributed by atoms with van der Waals surface area (Å²) in [5.41, 5.74) is 3.88. The molecule has 0 radical (unpaired) electrons. The van der Waals surface area contributed by atoms with Crippen molar-refractivity contribution in [2.24, 2.45) is 0 Å². The maximum absolute atomic E-state index is 5.72. The Morgan fingerprint density at radius 3 is 2.75 bits per heavy atom. The third-order valence-electron chi connectivity index (χ3n) is 3.88. The molecule has 1 aromatic carbocycles. The lowest BCUT2D eigenvalue weighted by molar-refractivity contribution is 0.396. The zero-order valence-corrected chi connectivity index (χ0v) is 14.5. The Bertz CT molecular complexity index is 444. The Labute approximate surface area is 131 Å². The van der Waals surface area contributed by atoms with Crippen LogP contribution in [0.3, 0.4) is 0 Å². The summed E-state index contributed by atoms with van der Waals surface area (Å²) in [6, 6.07) is 4.85. The number of methoxy groups -OCH3 is 1. The van der Waals surface area contributed by atoms with Gasteiger partial charge in [0.1, 0.15) is 5.75 Å². The van der Waals surface area contributed by atoms with Gasteiger partial charge in [0.05, 0.1) is 7.11 Å². The van der Waals surface area contributed by atoms with Gasteiger partial charge in [-0.2, -0.15) is 23.5 Å². The molecule has 0 spiro atoms. The normalized spacial score (nSPS) is 20.7. The summed E-state index contributed by atoms with van der Waals surface area (Å²) in [7, 11) is 1.79. The number of thioether (sulfide) groups is 2. The molecule has 112 valence electrons. The van der Waals surface area contributed by atoms with Crippen molar-refractivity contribution in [1.82, 2.24) is 5.32 Å². The first-order chi connectivity index (χ1) is 9.69. The van der Waals surface area contributed by atoms with Gasteiger partial charge >= 0.3 is 0 Å². The quantitative estimate of drug-likeness (QED) is 0.892. The van der Waals surface area contributed by atoms with E-state index in [4.69, 9.17) is 4.74 Å². The lowest BCUT2D eigenvalue weighted by Gasteiger charge is -2.32. The van der Waals surface area contributed by atoms with E-state index in [0.29, 0.717) is 11.3 Å². The second kappa shape index (κ2) is 7.62. The summed E-state index contributed by atoms with van der Waals surface area (Å²) in [5.74, 6) is 4.82. The summed E-state index contributed by atoms with van der Waals surface area (Å²) >= 11 is 4.17. The Kier molecular flexibility index (Phi) is 6.12. The van der Waals surface area contributed by atoms with Gasteiger partial charge in [-0.15, -0.1) is 0 Å². The lowest BCUT2D eigenvalue weighted by atomic mass is 9.97. The molecule has 0 aliphatic carbocycles. The first-order valence-electron chi connectivity index (χ1n) is 7.25. The van der Waals surface area contributed by atoms with Gasteiger partial charge in [-0.25, -0.2) is 0 Å². The fraction of sp³-hybridized carbons (Fsp3) is 0.625. The second-order valence-corrected chi connectivity index (χ2v) is 7.65. The lowest BCUT2D eigenvalue weighted by Crippen LogP contribution is -2.34. The molecule has 20 heavy (non-hydrogen) atoms. The summed E-state index contributed by atoms with van der Waals surface area (Å²) in [5, 5.41) is 4.31. The summed E-state index contributed by atoms with van der Waals surface area (Å²) < 4.78 is 5.72. The van der Waals surface area contributed by atoms with E-state index in [0.717, 1.165) is 12.3 Å². The maximum Gasteiger partial charge on any atom is 0.126 e. The van der Waals surface area contributed by atoms with Crippen LogP contribution in [0.15, 0.2) is 12.1 Å². The highest BCUT2D eigenvalue weighted by Crippen LogP contribution is 2.38. The predicted molar refractivity (Wildman–Crippen MR) is 92.5 cm³/mol. The van der Waals surface area contributed by atoms with E-state index in [1.54, 1.807) is 7.11 Å². The van der Waals surface area contributed by atoms with E-state index in [2.05, 4.69) is 61.7 Å². The predicted octanol–water partition coefficient (Wildman–Crippen LogP) is 3.81. The van der Waals surface area contributed by atoms with Gasteiger partial charge in [0.25, 0.3) is 0 Å². The minimum absolute atomic E-state index is 0.382. The Morgan fingerprint density at radius 1 is 1.35 bits per heavy atom. The number of ether oxygens (including phenoxy) is 1. The molecule has 4 heteroatoms. The number of aryl methyl sites for hydroxylation is 1. The van der Waals surface area contributed by atoms with Gasteiger partial charge in [0, 0.05) is 34.1 Å². The molecule has 2 nitrogen and oxygen atoms in total. The maximum atomic E-state index is 5.72. The largest absolute Gasteiger partial charge is 0.496 e. The van der Waals surface area contributed by atoms with Crippen LogP contribution >= 0.6 is 23.5 Å².